The number of nitrogens with one attached hydrogen (secondary N) is 1. The normalized spacial score (nSPS) is 22.4. The van der Waals surface area contributed by atoms with Gasteiger partial charge < -0.3 is 24.1 Å². The highest BCUT2D eigenvalue weighted by molar-refractivity contribution is 5.49. The molecule has 0 radical (unpaired) electrons. The van der Waals surface area contributed by atoms with Crippen molar-refractivity contribution in [2.75, 3.05) is 20.8 Å². The number of rotatable bonds is 9. The van der Waals surface area contributed by atoms with Crippen LogP contribution in [0.25, 0.3) is 0 Å². The molecule has 0 aliphatic carbocycles. The minimum Gasteiger partial charge on any atom is -0.497 e. The number of aliphatic hydroxyl groups excluding tert-OH is 1. The van der Waals surface area contributed by atoms with Crippen LogP contribution in [-0.2, 0) is 15.1 Å². The molecule has 5 rings (SSSR count). The van der Waals surface area contributed by atoms with Gasteiger partial charge in [-0.3, -0.25) is 14.3 Å². The summed E-state index contributed by atoms with van der Waals surface area (Å²) in [6.45, 7) is 0.902. The number of aromatic amines is 1. The summed E-state index contributed by atoms with van der Waals surface area (Å²) in [4.78, 5) is 26.1. The molecule has 4 atom stereocenters. The van der Waals surface area contributed by atoms with E-state index in [1.807, 2.05) is 78.9 Å². The van der Waals surface area contributed by atoms with E-state index in [-0.39, 0.29) is 6.61 Å². The molecule has 1 aliphatic heterocycles. The minimum atomic E-state index is -2.37. The smallest absolute Gasteiger partial charge is 0.330 e. The highest BCUT2D eigenvalue weighted by Gasteiger charge is 2.56. The summed E-state index contributed by atoms with van der Waals surface area (Å²) < 4.78 is 40.3. The van der Waals surface area contributed by atoms with Crippen LogP contribution in [0.3, 0.4) is 0 Å². The highest BCUT2D eigenvalue weighted by atomic mass is 19.1. The van der Waals surface area contributed by atoms with Crippen LogP contribution < -0.4 is 20.7 Å². The van der Waals surface area contributed by atoms with Gasteiger partial charge in [-0.15, -0.1) is 0 Å². The molecule has 1 aromatic heterocycles. The molecule has 1 unspecified atom stereocenters. The van der Waals surface area contributed by atoms with Crippen LogP contribution in [0, 0.1) is 0 Å². The van der Waals surface area contributed by atoms with Crippen LogP contribution in [0.4, 0.5) is 4.39 Å². The quantitative estimate of drug-likeness (QED) is 0.300. The Bertz CT molecular complexity index is 1540. The molecule has 1 fully saturated rings. The maximum atomic E-state index is 15.9. The third kappa shape index (κ3) is 5.17. The van der Waals surface area contributed by atoms with E-state index in [1.165, 1.54) is 0 Å². The molecular weight excluding hydrogens is 531 g/mol. The van der Waals surface area contributed by atoms with E-state index in [2.05, 4.69) is 4.98 Å². The maximum absolute atomic E-state index is 15.9. The number of nitrogens with zero attached hydrogens (tertiary/aromatic N) is 1. The molecule has 0 spiro atoms. The molecule has 2 N–H and O–H groups in total. The van der Waals surface area contributed by atoms with Crippen LogP contribution >= 0.6 is 0 Å². The molecule has 4 aromatic rings. The first-order valence-corrected chi connectivity index (χ1v) is 13.0. The number of H-pyrrole nitrogens is 1. The lowest BCUT2D eigenvalue weighted by atomic mass is 9.80. The Balaban J connectivity index is 1.58. The lowest BCUT2D eigenvalue weighted by Crippen LogP contribution is -2.44. The van der Waals surface area contributed by atoms with Crippen molar-refractivity contribution in [3.8, 4) is 11.5 Å². The fourth-order valence-electron chi connectivity index (χ4n) is 5.24. The zero-order chi connectivity index (χ0) is 29.2. The Morgan fingerprint density at radius 1 is 0.902 bits per heavy atom. The SMILES string of the molecule is COc1ccc(C(OC[C@H]2OC(n3ccc(=O)[nH]c3=O)[C@](C)(F)[C@@H]2O)(c2ccccc2)c2ccc(OC)cc2)cc1. The van der Waals surface area contributed by atoms with Crippen LogP contribution in [-0.4, -0.2) is 53.4 Å². The lowest BCUT2D eigenvalue weighted by molar-refractivity contribution is -0.0968. The molecule has 10 heteroatoms. The van der Waals surface area contributed by atoms with Crippen molar-refractivity contribution < 1.29 is 28.4 Å². The van der Waals surface area contributed by atoms with Gasteiger partial charge in [0.15, 0.2) is 11.9 Å². The zero-order valence-electron chi connectivity index (χ0n) is 22.8. The summed E-state index contributed by atoms with van der Waals surface area (Å²) in [6, 6.07) is 25.4. The van der Waals surface area contributed by atoms with Crippen molar-refractivity contribution in [2.24, 2.45) is 0 Å². The summed E-state index contributed by atoms with van der Waals surface area (Å²) in [5.41, 5.74) is -2.79. The monoisotopic (exact) mass is 562 g/mol. The van der Waals surface area contributed by atoms with Gasteiger partial charge in [0.2, 0.25) is 0 Å². The first-order valence-electron chi connectivity index (χ1n) is 13.0. The van der Waals surface area contributed by atoms with Gasteiger partial charge in [-0.25, -0.2) is 9.18 Å². The summed E-state index contributed by atoms with van der Waals surface area (Å²) in [6.07, 6.45) is -3.16. The standard InChI is InChI=1S/C31H31FN2O7/c1-30(32)27(36)25(41-28(30)34-18-17-26(35)33-29(34)37)19-40-31(20-7-5-4-6-8-20,21-9-13-23(38-2)14-10-21)22-11-15-24(39-3)16-12-22/h4-18,25,27-28,36H,19H2,1-3H3,(H,33,35,37)/t25-,27-,28?,30-/m1/s1. The minimum absolute atomic E-state index is 0.248. The number of alkyl halides is 1. The number of methoxy groups -OCH3 is 2. The van der Waals surface area contributed by atoms with Crippen LogP contribution in [0.5, 0.6) is 11.5 Å². The predicted octanol–water partition coefficient (Wildman–Crippen LogP) is 3.55. The van der Waals surface area contributed by atoms with Crippen molar-refractivity contribution in [2.45, 2.75) is 36.6 Å². The lowest BCUT2D eigenvalue weighted by Gasteiger charge is -2.37. The number of hydrogen-bond donors (Lipinski definition) is 2. The van der Waals surface area contributed by atoms with Gasteiger partial charge in [0.05, 0.1) is 20.8 Å². The van der Waals surface area contributed by atoms with E-state index >= 15 is 4.39 Å². The molecule has 214 valence electrons. The van der Waals surface area contributed by atoms with Gasteiger partial charge in [0.1, 0.15) is 29.3 Å². The van der Waals surface area contributed by atoms with Crippen molar-refractivity contribution in [1.82, 2.24) is 9.55 Å². The van der Waals surface area contributed by atoms with Gasteiger partial charge >= 0.3 is 5.69 Å². The summed E-state index contributed by atoms with van der Waals surface area (Å²) >= 11 is 0. The molecule has 41 heavy (non-hydrogen) atoms. The van der Waals surface area contributed by atoms with Gasteiger partial charge in [0.25, 0.3) is 5.56 Å². The highest BCUT2D eigenvalue weighted by Crippen LogP contribution is 2.45. The van der Waals surface area contributed by atoms with Crippen LogP contribution in [0.1, 0.15) is 29.8 Å². The maximum Gasteiger partial charge on any atom is 0.330 e. The van der Waals surface area contributed by atoms with E-state index in [0.717, 1.165) is 40.4 Å². The van der Waals surface area contributed by atoms with Crippen LogP contribution in [0.2, 0.25) is 0 Å². The molecule has 0 amide bonds. The molecule has 3 aromatic carbocycles. The fourth-order valence-corrected chi connectivity index (χ4v) is 5.24. The Kier molecular flexibility index (Phi) is 7.81. The molecular formula is C31H31FN2O7. The molecule has 0 saturated carbocycles. The second kappa shape index (κ2) is 11.3. The number of benzene rings is 3. The Morgan fingerprint density at radius 3 is 1.95 bits per heavy atom. The number of aliphatic hydroxyl groups is 1. The van der Waals surface area contributed by atoms with Crippen molar-refractivity contribution in [1.29, 1.82) is 0 Å². The zero-order valence-corrected chi connectivity index (χ0v) is 22.8. The molecule has 2 heterocycles. The predicted molar refractivity (Wildman–Crippen MR) is 149 cm³/mol. The first kappa shape index (κ1) is 28.3. The number of hydrogen-bond acceptors (Lipinski definition) is 7. The summed E-state index contributed by atoms with van der Waals surface area (Å²) in [7, 11) is 3.16. The third-order valence-electron chi connectivity index (χ3n) is 7.46. The van der Waals surface area contributed by atoms with Crippen molar-refractivity contribution in [3.05, 3.63) is 129 Å². The molecule has 9 nitrogen and oxygen atoms in total. The first-order chi connectivity index (χ1) is 19.7. The van der Waals surface area contributed by atoms with Crippen molar-refractivity contribution in [3.63, 3.8) is 0 Å². The number of ether oxygens (including phenoxy) is 4. The second-order valence-corrected chi connectivity index (χ2v) is 9.96. The Labute approximate surface area is 235 Å². The number of halogens is 1. The second-order valence-electron chi connectivity index (χ2n) is 9.96. The fraction of sp³-hybridized carbons (Fsp3) is 0.290. The average Bonchev–Trinajstić information content (AvgIpc) is 3.22. The topological polar surface area (TPSA) is 112 Å². The summed E-state index contributed by atoms with van der Waals surface area (Å²) in [5.74, 6) is 1.31. The third-order valence-corrected chi connectivity index (χ3v) is 7.46. The van der Waals surface area contributed by atoms with E-state index < -0.39 is 41.0 Å². The molecule has 1 aliphatic rings. The van der Waals surface area contributed by atoms with E-state index in [1.54, 1.807) is 14.2 Å². The molecule has 1 saturated heterocycles. The molecule has 0 bridgehead atoms. The summed E-state index contributed by atoms with van der Waals surface area (Å²) in [5, 5.41) is 11.0. The van der Waals surface area contributed by atoms with E-state index in [0.29, 0.717) is 11.5 Å². The number of aromatic nitrogens is 2. The van der Waals surface area contributed by atoms with Crippen molar-refractivity contribution >= 4 is 0 Å². The van der Waals surface area contributed by atoms with Crippen LogP contribution in [0.15, 0.2) is 101 Å². The van der Waals surface area contributed by atoms with E-state index in [4.69, 9.17) is 18.9 Å². The Hall–Kier alpha value is -4.25. The average molecular weight is 563 g/mol. The van der Waals surface area contributed by atoms with Gasteiger partial charge in [0, 0.05) is 12.3 Å². The largest absolute Gasteiger partial charge is 0.497 e. The van der Waals surface area contributed by atoms with Gasteiger partial charge in [-0.1, -0.05) is 54.6 Å². The Morgan fingerprint density at radius 2 is 1.44 bits per heavy atom. The van der Waals surface area contributed by atoms with Gasteiger partial charge in [-0.05, 0) is 47.9 Å². The van der Waals surface area contributed by atoms with Gasteiger partial charge in [-0.2, -0.15) is 0 Å². The van der Waals surface area contributed by atoms with E-state index in [9.17, 15) is 14.7 Å².